The fraction of sp³-hybridized carbons (Fsp3) is 0.636. The number of thioether (sulfide) groups is 1. The fourth-order valence-electron chi connectivity index (χ4n) is 1.47. The van der Waals surface area contributed by atoms with E-state index in [1.54, 1.807) is 11.1 Å². The summed E-state index contributed by atoms with van der Waals surface area (Å²) in [6, 6.07) is 0. The van der Waals surface area contributed by atoms with Crippen molar-refractivity contribution in [3.8, 4) is 0 Å². The molecule has 1 heteroatoms. The first-order valence-corrected chi connectivity index (χ1v) is 5.68. The van der Waals surface area contributed by atoms with Crippen LogP contribution < -0.4 is 0 Å². The van der Waals surface area contributed by atoms with Crippen LogP contribution >= 0.6 is 11.8 Å². The quantitative estimate of drug-likeness (QED) is 0.618. The number of rotatable bonds is 2. The van der Waals surface area contributed by atoms with Crippen LogP contribution in [0, 0.1) is 0 Å². The van der Waals surface area contributed by atoms with E-state index in [0.29, 0.717) is 0 Å². The topological polar surface area (TPSA) is 0 Å². The molecule has 68 valence electrons. The van der Waals surface area contributed by atoms with Crippen molar-refractivity contribution in [3.05, 3.63) is 22.6 Å². The molecule has 0 bridgehead atoms. The van der Waals surface area contributed by atoms with Crippen molar-refractivity contribution >= 4 is 11.8 Å². The number of hydrogen-bond acceptors (Lipinski definition) is 1. The molecule has 0 spiro atoms. The van der Waals surface area contributed by atoms with Crippen LogP contribution in [0.1, 0.15) is 40.0 Å². The molecule has 1 fully saturated rings. The standard InChI is InChI=1S/C11H18S/c1-4-10-6-5-7-11(10)8-12-9(2)3/h4,8-9H,5-7H2,1-3H3/b10-4-,11-8-. The Bertz CT molecular complexity index is 199. The third kappa shape index (κ3) is 2.71. The van der Waals surface area contributed by atoms with E-state index in [1.807, 2.05) is 11.8 Å². The van der Waals surface area contributed by atoms with Crippen molar-refractivity contribution in [1.82, 2.24) is 0 Å². The zero-order chi connectivity index (χ0) is 8.97. The van der Waals surface area contributed by atoms with Crippen molar-refractivity contribution in [1.29, 1.82) is 0 Å². The zero-order valence-electron chi connectivity index (χ0n) is 8.26. The van der Waals surface area contributed by atoms with Crippen LogP contribution in [0.4, 0.5) is 0 Å². The summed E-state index contributed by atoms with van der Waals surface area (Å²) in [4.78, 5) is 0. The molecule has 1 aliphatic carbocycles. The first-order valence-electron chi connectivity index (χ1n) is 4.74. The maximum absolute atomic E-state index is 2.35. The lowest BCUT2D eigenvalue weighted by atomic mass is 10.1. The van der Waals surface area contributed by atoms with E-state index in [-0.39, 0.29) is 0 Å². The Balaban J connectivity index is 2.55. The van der Waals surface area contributed by atoms with E-state index in [4.69, 9.17) is 0 Å². The van der Waals surface area contributed by atoms with Gasteiger partial charge in [-0.15, -0.1) is 11.8 Å². The molecule has 0 nitrogen and oxygen atoms in total. The molecule has 0 amide bonds. The first kappa shape index (κ1) is 9.91. The van der Waals surface area contributed by atoms with Crippen molar-refractivity contribution < 1.29 is 0 Å². The maximum atomic E-state index is 2.35. The SMILES string of the molecule is C/C=C1/CCC/C1=C/SC(C)C. The number of hydrogen-bond donors (Lipinski definition) is 0. The second-order valence-corrected chi connectivity index (χ2v) is 4.95. The summed E-state index contributed by atoms with van der Waals surface area (Å²) in [5.74, 6) is 0. The van der Waals surface area contributed by atoms with Crippen LogP contribution in [0.2, 0.25) is 0 Å². The molecule has 0 radical (unpaired) electrons. The minimum absolute atomic E-state index is 0.719. The van der Waals surface area contributed by atoms with E-state index in [0.717, 1.165) is 5.25 Å². The van der Waals surface area contributed by atoms with Gasteiger partial charge in [0.1, 0.15) is 0 Å². The summed E-state index contributed by atoms with van der Waals surface area (Å²) in [7, 11) is 0. The second kappa shape index (κ2) is 4.76. The van der Waals surface area contributed by atoms with Crippen molar-refractivity contribution in [2.75, 3.05) is 0 Å². The molecule has 0 unspecified atom stereocenters. The monoisotopic (exact) mass is 182 g/mol. The van der Waals surface area contributed by atoms with Crippen LogP contribution in [0.15, 0.2) is 22.6 Å². The van der Waals surface area contributed by atoms with Gasteiger partial charge in [0.25, 0.3) is 0 Å². The van der Waals surface area contributed by atoms with E-state index in [1.165, 1.54) is 19.3 Å². The van der Waals surface area contributed by atoms with Gasteiger partial charge in [0.15, 0.2) is 0 Å². The Labute approximate surface area is 80.1 Å². The van der Waals surface area contributed by atoms with Crippen LogP contribution in [-0.2, 0) is 0 Å². The third-order valence-corrected chi connectivity index (χ3v) is 3.10. The van der Waals surface area contributed by atoms with Crippen LogP contribution in [0.3, 0.4) is 0 Å². The molecule has 0 aromatic heterocycles. The van der Waals surface area contributed by atoms with E-state index >= 15 is 0 Å². The Kier molecular flexibility index (Phi) is 3.93. The van der Waals surface area contributed by atoms with Gasteiger partial charge in [-0.1, -0.05) is 19.9 Å². The van der Waals surface area contributed by atoms with Gasteiger partial charge in [-0.2, -0.15) is 0 Å². The third-order valence-electron chi connectivity index (χ3n) is 2.14. The van der Waals surface area contributed by atoms with Gasteiger partial charge in [0, 0.05) is 5.25 Å². The Morgan fingerprint density at radius 2 is 1.92 bits per heavy atom. The summed E-state index contributed by atoms with van der Waals surface area (Å²) in [5, 5.41) is 3.07. The summed E-state index contributed by atoms with van der Waals surface area (Å²) >= 11 is 1.94. The molecular weight excluding hydrogens is 164 g/mol. The zero-order valence-corrected chi connectivity index (χ0v) is 9.08. The van der Waals surface area contributed by atoms with Gasteiger partial charge in [0.2, 0.25) is 0 Å². The Morgan fingerprint density at radius 3 is 2.50 bits per heavy atom. The average Bonchev–Trinajstić information content (AvgIpc) is 2.47. The van der Waals surface area contributed by atoms with Crippen molar-refractivity contribution in [2.24, 2.45) is 0 Å². The molecule has 0 aromatic carbocycles. The Hall–Kier alpha value is -0.170. The lowest BCUT2D eigenvalue weighted by Crippen LogP contribution is -1.83. The molecule has 0 N–H and O–H groups in total. The molecule has 0 atom stereocenters. The smallest absolute Gasteiger partial charge is 0.00318 e. The van der Waals surface area contributed by atoms with Crippen molar-refractivity contribution in [3.63, 3.8) is 0 Å². The van der Waals surface area contributed by atoms with Gasteiger partial charge in [0.05, 0.1) is 0 Å². The van der Waals surface area contributed by atoms with Gasteiger partial charge in [-0.25, -0.2) is 0 Å². The van der Waals surface area contributed by atoms with Gasteiger partial charge in [-0.3, -0.25) is 0 Å². The maximum Gasteiger partial charge on any atom is 0.00318 e. The second-order valence-electron chi connectivity index (χ2n) is 3.50. The van der Waals surface area contributed by atoms with Crippen LogP contribution in [-0.4, -0.2) is 5.25 Å². The summed E-state index contributed by atoms with van der Waals surface area (Å²) in [6.45, 7) is 6.63. The normalized spacial score (nSPS) is 24.7. The highest BCUT2D eigenvalue weighted by Crippen LogP contribution is 2.32. The molecule has 1 saturated carbocycles. The van der Waals surface area contributed by atoms with Crippen molar-refractivity contribution in [2.45, 2.75) is 45.3 Å². The van der Waals surface area contributed by atoms with E-state index < -0.39 is 0 Å². The van der Waals surface area contributed by atoms with E-state index in [9.17, 15) is 0 Å². The Morgan fingerprint density at radius 1 is 1.25 bits per heavy atom. The first-order chi connectivity index (χ1) is 5.74. The summed E-state index contributed by atoms with van der Waals surface area (Å²) in [5.41, 5.74) is 3.15. The lowest BCUT2D eigenvalue weighted by molar-refractivity contribution is 0.932. The lowest BCUT2D eigenvalue weighted by Gasteiger charge is -2.02. The number of allylic oxidation sites excluding steroid dienone is 3. The van der Waals surface area contributed by atoms with E-state index in [2.05, 4.69) is 32.3 Å². The van der Waals surface area contributed by atoms with Gasteiger partial charge < -0.3 is 0 Å². The molecular formula is C11H18S. The van der Waals surface area contributed by atoms with Crippen LogP contribution in [0.5, 0.6) is 0 Å². The molecule has 0 saturated heterocycles. The molecule has 1 rings (SSSR count). The highest BCUT2D eigenvalue weighted by molar-refractivity contribution is 8.02. The highest BCUT2D eigenvalue weighted by atomic mass is 32.2. The molecule has 1 aliphatic rings. The van der Waals surface area contributed by atoms with Crippen LogP contribution in [0.25, 0.3) is 0 Å². The summed E-state index contributed by atoms with van der Waals surface area (Å²) in [6.07, 6.45) is 6.20. The molecule has 12 heavy (non-hydrogen) atoms. The predicted octanol–water partition coefficient (Wildman–Crippen LogP) is 4.14. The molecule has 0 aliphatic heterocycles. The minimum Gasteiger partial charge on any atom is -0.131 e. The highest BCUT2D eigenvalue weighted by Gasteiger charge is 2.11. The van der Waals surface area contributed by atoms with Gasteiger partial charge >= 0.3 is 0 Å². The van der Waals surface area contributed by atoms with Gasteiger partial charge in [-0.05, 0) is 42.7 Å². The molecule has 0 heterocycles. The average molecular weight is 182 g/mol. The predicted molar refractivity (Wildman–Crippen MR) is 58.4 cm³/mol. The minimum atomic E-state index is 0.719. The molecule has 0 aromatic rings. The summed E-state index contributed by atoms with van der Waals surface area (Å²) < 4.78 is 0. The largest absolute Gasteiger partial charge is 0.131 e. The fourth-order valence-corrected chi connectivity index (χ4v) is 2.18.